The molecule has 1 aliphatic heterocycles. The number of amides is 2. The van der Waals surface area contributed by atoms with Crippen LogP contribution in [0.25, 0.3) is 0 Å². The van der Waals surface area contributed by atoms with Gasteiger partial charge in [0.05, 0.1) is 10.8 Å². The fourth-order valence-corrected chi connectivity index (χ4v) is 4.66. The molecule has 2 amide bonds. The molecule has 1 aromatic carbocycles. The Bertz CT molecular complexity index is 793. The van der Waals surface area contributed by atoms with Crippen LogP contribution in [0.15, 0.2) is 29.2 Å². The van der Waals surface area contributed by atoms with Crippen LogP contribution in [0.1, 0.15) is 41.0 Å². The Hall–Kier alpha value is -1.93. The minimum absolute atomic E-state index is 0.0247. The summed E-state index contributed by atoms with van der Waals surface area (Å²) in [5, 5.41) is 2.79. The van der Waals surface area contributed by atoms with Gasteiger partial charge < -0.3 is 10.2 Å². The van der Waals surface area contributed by atoms with E-state index in [9.17, 15) is 18.0 Å². The molecular weight excluding hydrogens is 366 g/mol. The number of likely N-dealkylation sites (tertiary alicyclic amines) is 1. The molecular formula is C19H29N3O4S. The van der Waals surface area contributed by atoms with Crippen LogP contribution in [-0.4, -0.2) is 54.6 Å². The highest BCUT2D eigenvalue weighted by molar-refractivity contribution is 7.89. The molecule has 1 fully saturated rings. The molecule has 8 heteroatoms. The van der Waals surface area contributed by atoms with E-state index in [2.05, 4.69) is 5.32 Å². The predicted molar refractivity (Wildman–Crippen MR) is 105 cm³/mol. The number of hydrogen-bond donors (Lipinski definition) is 1. The van der Waals surface area contributed by atoms with Crippen LogP contribution in [0.3, 0.4) is 0 Å². The number of hydrogen-bond acceptors (Lipinski definition) is 4. The van der Waals surface area contributed by atoms with Crippen LogP contribution in [0.4, 0.5) is 5.69 Å². The zero-order chi connectivity index (χ0) is 20.4. The van der Waals surface area contributed by atoms with E-state index in [-0.39, 0.29) is 28.7 Å². The molecule has 7 nitrogen and oxygen atoms in total. The molecule has 0 saturated carbocycles. The molecule has 1 N–H and O–H groups in total. The second-order valence-corrected chi connectivity index (χ2v) is 9.62. The molecule has 2 rings (SSSR count). The molecule has 0 aliphatic carbocycles. The average molecular weight is 396 g/mol. The number of anilines is 1. The molecule has 1 saturated heterocycles. The summed E-state index contributed by atoms with van der Waals surface area (Å²) in [6.45, 7) is 10.6. The summed E-state index contributed by atoms with van der Waals surface area (Å²) < 4.78 is 26.4. The van der Waals surface area contributed by atoms with Gasteiger partial charge in [-0.25, -0.2) is 8.42 Å². The van der Waals surface area contributed by atoms with Gasteiger partial charge in [-0.1, -0.05) is 13.8 Å². The van der Waals surface area contributed by atoms with Crippen molar-refractivity contribution in [1.82, 2.24) is 9.21 Å². The third kappa shape index (κ3) is 4.68. The van der Waals surface area contributed by atoms with Gasteiger partial charge in [-0.05, 0) is 45.0 Å². The number of sulfonamides is 1. The highest BCUT2D eigenvalue weighted by Gasteiger charge is 2.39. The molecule has 1 atom stereocenters. The van der Waals surface area contributed by atoms with Crippen molar-refractivity contribution in [1.29, 1.82) is 0 Å². The smallest absolute Gasteiger partial charge is 0.243 e. The topological polar surface area (TPSA) is 86.8 Å². The van der Waals surface area contributed by atoms with Gasteiger partial charge >= 0.3 is 0 Å². The summed E-state index contributed by atoms with van der Waals surface area (Å²) in [7, 11) is -3.52. The maximum Gasteiger partial charge on any atom is 0.243 e. The molecule has 1 aromatic rings. The summed E-state index contributed by atoms with van der Waals surface area (Å²) in [5.74, 6) is -0.659. The second kappa shape index (κ2) is 7.98. The van der Waals surface area contributed by atoms with Gasteiger partial charge in [-0.3, -0.25) is 9.59 Å². The number of nitrogens with zero attached hydrogens (tertiary/aromatic N) is 2. The van der Waals surface area contributed by atoms with Crippen molar-refractivity contribution < 1.29 is 18.0 Å². The lowest BCUT2D eigenvalue weighted by Gasteiger charge is -2.31. The zero-order valence-electron chi connectivity index (χ0n) is 16.7. The number of benzene rings is 1. The van der Waals surface area contributed by atoms with E-state index in [4.69, 9.17) is 0 Å². The van der Waals surface area contributed by atoms with Gasteiger partial charge in [0.25, 0.3) is 0 Å². The molecule has 0 unspecified atom stereocenters. The summed E-state index contributed by atoms with van der Waals surface area (Å²) in [6, 6.07) is 6.13. The fourth-order valence-electron chi connectivity index (χ4n) is 3.20. The molecule has 1 heterocycles. The van der Waals surface area contributed by atoms with Crippen LogP contribution >= 0.6 is 0 Å². The molecule has 27 heavy (non-hydrogen) atoms. The summed E-state index contributed by atoms with van der Waals surface area (Å²) in [5.41, 5.74) is 0.201. The Labute approximate surface area is 161 Å². The first-order valence-corrected chi connectivity index (χ1v) is 10.7. The van der Waals surface area contributed by atoms with Gasteiger partial charge in [-0.15, -0.1) is 0 Å². The van der Waals surface area contributed by atoms with Crippen molar-refractivity contribution in [3.05, 3.63) is 24.3 Å². The lowest BCUT2D eigenvalue weighted by atomic mass is 10.1. The van der Waals surface area contributed by atoms with Gasteiger partial charge in [0, 0.05) is 37.3 Å². The molecule has 150 valence electrons. The molecule has 0 aromatic heterocycles. The second-order valence-electron chi connectivity index (χ2n) is 7.68. The monoisotopic (exact) mass is 395 g/mol. The first kappa shape index (κ1) is 21.4. The Balaban J connectivity index is 2.07. The summed E-state index contributed by atoms with van der Waals surface area (Å²) in [6.07, 6.45) is 0.192. The molecule has 0 radical (unpaired) electrons. The third-order valence-electron chi connectivity index (χ3n) is 4.77. The van der Waals surface area contributed by atoms with Gasteiger partial charge in [0.1, 0.15) is 0 Å². The Morgan fingerprint density at radius 1 is 1.19 bits per heavy atom. The van der Waals surface area contributed by atoms with E-state index >= 15 is 0 Å². The molecule has 0 spiro atoms. The molecule has 1 aliphatic rings. The van der Waals surface area contributed by atoms with Crippen molar-refractivity contribution in [3.63, 3.8) is 0 Å². The highest BCUT2D eigenvalue weighted by atomic mass is 32.2. The standard InChI is InChI=1S/C19H29N3O4S/c1-6-21(7-2)27(25,26)16-10-8-15(9-11-16)20-18(24)14-12-17(23)22(13-14)19(3,4)5/h8-11,14H,6-7,12-13H2,1-5H3,(H,20,24)/t14-/m0/s1. The van der Waals surface area contributed by atoms with E-state index in [0.29, 0.717) is 25.3 Å². The van der Waals surface area contributed by atoms with Gasteiger partial charge in [-0.2, -0.15) is 4.31 Å². The number of carbonyl (C=O) groups is 2. The predicted octanol–water partition coefficient (Wildman–Crippen LogP) is 2.30. The van der Waals surface area contributed by atoms with Gasteiger partial charge in [0.2, 0.25) is 21.8 Å². The summed E-state index contributed by atoms with van der Waals surface area (Å²) >= 11 is 0. The van der Waals surface area contributed by atoms with Crippen molar-refractivity contribution in [2.24, 2.45) is 5.92 Å². The number of nitrogens with one attached hydrogen (secondary N) is 1. The number of rotatable bonds is 6. The van der Waals surface area contributed by atoms with E-state index in [1.165, 1.54) is 16.4 Å². The van der Waals surface area contributed by atoms with Crippen LogP contribution in [0, 0.1) is 5.92 Å². The fraction of sp³-hybridized carbons (Fsp3) is 0.579. The minimum Gasteiger partial charge on any atom is -0.337 e. The average Bonchev–Trinajstić information content (AvgIpc) is 2.98. The summed E-state index contributed by atoms with van der Waals surface area (Å²) in [4.78, 5) is 26.6. The normalized spacial score (nSPS) is 18.2. The van der Waals surface area contributed by atoms with Crippen LogP contribution in [-0.2, 0) is 19.6 Å². The van der Waals surface area contributed by atoms with E-state index < -0.39 is 15.9 Å². The van der Waals surface area contributed by atoms with Crippen molar-refractivity contribution in [2.45, 2.75) is 51.5 Å². The Morgan fingerprint density at radius 2 is 1.74 bits per heavy atom. The zero-order valence-corrected chi connectivity index (χ0v) is 17.5. The molecule has 0 bridgehead atoms. The van der Waals surface area contributed by atoms with Crippen LogP contribution < -0.4 is 5.32 Å². The third-order valence-corrected chi connectivity index (χ3v) is 6.83. The van der Waals surface area contributed by atoms with Crippen molar-refractivity contribution in [3.8, 4) is 0 Å². The quantitative estimate of drug-likeness (QED) is 0.801. The first-order chi connectivity index (χ1) is 12.5. The van der Waals surface area contributed by atoms with Crippen LogP contribution in [0.5, 0.6) is 0 Å². The maximum absolute atomic E-state index is 12.5. The lowest BCUT2D eigenvalue weighted by molar-refractivity contribution is -0.131. The maximum atomic E-state index is 12.5. The Kier molecular flexibility index (Phi) is 6.32. The van der Waals surface area contributed by atoms with E-state index in [1.54, 1.807) is 30.9 Å². The highest BCUT2D eigenvalue weighted by Crippen LogP contribution is 2.27. The minimum atomic E-state index is -3.52. The van der Waals surface area contributed by atoms with E-state index in [1.807, 2.05) is 20.8 Å². The van der Waals surface area contributed by atoms with Crippen molar-refractivity contribution in [2.75, 3.05) is 25.0 Å². The first-order valence-electron chi connectivity index (χ1n) is 9.22. The largest absolute Gasteiger partial charge is 0.337 e. The van der Waals surface area contributed by atoms with E-state index in [0.717, 1.165) is 0 Å². The lowest BCUT2D eigenvalue weighted by Crippen LogP contribution is -2.42. The SMILES string of the molecule is CCN(CC)S(=O)(=O)c1ccc(NC(=O)[C@H]2CC(=O)N(C(C)(C)C)C2)cc1. The Morgan fingerprint density at radius 3 is 2.19 bits per heavy atom. The van der Waals surface area contributed by atoms with Gasteiger partial charge in [0.15, 0.2) is 0 Å². The number of carbonyl (C=O) groups excluding carboxylic acids is 2. The van der Waals surface area contributed by atoms with Crippen LogP contribution in [0.2, 0.25) is 0 Å². The van der Waals surface area contributed by atoms with Crippen molar-refractivity contribution >= 4 is 27.5 Å².